The minimum Gasteiger partial charge on any atom is -0.478 e. The highest BCUT2D eigenvalue weighted by Crippen LogP contribution is 2.39. The Morgan fingerprint density at radius 2 is 2.10 bits per heavy atom. The number of rotatable bonds is 4. The third-order valence-electron chi connectivity index (χ3n) is 4.15. The highest BCUT2D eigenvalue weighted by molar-refractivity contribution is 8.00. The molecule has 1 aromatic heterocycles. The first-order valence-corrected chi connectivity index (χ1v) is 8.29. The van der Waals surface area contributed by atoms with Gasteiger partial charge in [0.15, 0.2) is 0 Å². The third-order valence-corrected chi connectivity index (χ3v) is 5.59. The Morgan fingerprint density at radius 1 is 1.40 bits per heavy atom. The molecule has 110 valence electrons. The normalized spacial score (nSPS) is 22.8. The molecule has 0 bridgehead atoms. The van der Waals surface area contributed by atoms with Crippen LogP contribution in [0.4, 0.5) is 0 Å². The number of carboxylic acid groups (broad SMARTS) is 1. The number of carbonyl (C=O) groups is 1. The van der Waals surface area contributed by atoms with E-state index in [-0.39, 0.29) is 0 Å². The molecule has 0 saturated heterocycles. The smallest absolute Gasteiger partial charge is 0.338 e. The van der Waals surface area contributed by atoms with E-state index < -0.39 is 5.97 Å². The van der Waals surface area contributed by atoms with Crippen molar-refractivity contribution in [2.24, 2.45) is 5.92 Å². The summed E-state index contributed by atoms with van der Waals surface area (Å²) in [6.07, 6.45) is 6.17. The SMILES string of the molecule is CCC1CCCCC1Sc1nc(C)cc(C)c1C(=O)O. The van der Waals surface area contributed by atoms with Crippen molar-refractivity contribution in [3.05, 3.63) is 22.9 Å². The van der Waals surface area contributed by atoms with E-state index in [9.17, 15) is 9.90 Å². The summed E-state index contributed by atoms with van der Waals surface area (Å²) in [6.45, 7) is 6.03. The Kier molecular flexibility index (Phi) is 5.08. The van der Waals surface area contributed by atoms with E-state index in [4.69, 9.17) is 0 Å². The van der Waals surface area contributed by atoms with Crippen LogP contribution in [0.1, 0.15) is 60.6 Å². The summed E-state index contributed by atoms with van der Waals surface area (Å²) in [5.41, 5.74) is 2.11. The van der Waals surface area contributed by atoms with Gasteiger partial charge in [-0.15, -0.1) is 11.8 Å². The van der Waals surface area contributed by atoms with Gasteiger partial charge in [0.2, 0.25) is 0 Å². The number of nitrogens with zero attached hydrogens (tertiary/aromatic N) is 1. The van der Waals surface area contributed by atoms with Gasteiger partial charge < -0.3 is 5.11 Å². The fourth-order valence-electron chi connectivity index (χ4n) is 3.09. The second-order valence-corrected chi connectivity index (χ2v) is 6.90. The zero-order valence-corrected chi connectivity index (χ0v) is 13.3. The lowest BCUT2D eigenvalue weighted by Gasteiger charge is -2.30. The molecule has 0 amide bonds. The van der Waals surface area contributed by atoms with Gasteiger partial charge in [0.25, 0.3) is 0 Å². The third kappa shape index (κ3) is 3.35. The molecular weight excluding hydrogens is 270 g/mol. The average Bonchev–Trinajstić information content (AvgIpc) is 2.38. The number of aromatic carboxylic acids is 1. The molecule has 1 fully saturated rings. The van der Waals surface area contributed by atoms with E-state index in [2.05, 4.69) is 11.9 Å². The summed E-state index contributed by atoms with van der Waals surface area (Å²) in [5, 5.41) is 10.7. The van der Waals surface area contributed by atoms with Crippen LogP contribution in [0.15, 0.2) is 11.1 Å². The number of aromatic nitrogens is 1. The fourth-order valence-corrected chi connectivity index (χ4v) is 4.74. The van der Waals surface area contributed by atoms with Crippen molar-refractivity contribution < 1.29 is 9.90 Å². The Hall–Kier alpha value is -1.03. The van der Waals surface area contributed by atoms with Crippen molar-refractivity contribution in [2.75, 3.05) is 0 Å². The number of thioether (sulfide) groups is 1. The first kappa shape index (κ1) is 15.4. The zero-order valence-electron chi connectivity index (χ0n) is 12.5. The van der Waals surface area contributed by atoms with Crippen molar-refractivity contribution in [1.29, 1.82) is 0 Å². The maximum Gasteiger partial charge on any atom is 0.338 e. The van der Waals surface area contributed by atoms with Gasteiger partial charge in [0.1, 0.15) is 5.03 Å². The lowest BCUT2D eigenvalue weighted by atomic mass is 9.87. The van der Waals surface area contributed by atoms with Crippen LogP contribution in [-0.4, -0.2) is 21.3 Å². The van der Waals surface area contributed by atoms with Crippen LogP contribution in [0, 0.1) is 19.8 Å². The number of hydrogen-bond acceptors (Lipinski definition) is 3. The van der Waals surface area contributed by atoms with Crippen LogP contribution in [0.3, 0.4) is 0 Å². The zero-order chi connectivity index (χ0) is 14.7. The van der Waals surface area contributed by atoms with E-state index in [1.54, 1.807) is 11.8 Å². The molecule has 0 spiro atoms. The van der Waals surface area contributed by atoms with Crippen LogP contribution < -0.4 is 0 Å². The van der Waals surface area contributed by atoms with Gasteiger partial charge in [-0.25, -0.2) is 9.78 Å². The van der Waals surface area contributed by atoms with Crippen molar-refractivity contribution in [3.63, 3.8) is 0 Å². The topological polar surface area (TPSA) is 50.2 Å². The number of pyridine rings is 1. The predicted molar refractivity (Wildman–Crippen MR) is 82.6 cm³/mol. The maximum absolute atomic E-state index is 11.5. The summed E-state index contributed by atoms with van der Waals surface area (Å²) in [6, 6.07) is 1.85. The van der Waals surface area contributed by atoms with Gasteiger partial charge in [-0.2, -0.15) is 0 Å². The Morgan fingerprint density at radius 3 is 2.75 bits per heavy atom. The standard InChI is InChI=1S/C16H23NO2S/c1-4-12-7-5-6-8-13(12)20-15-14(16(18)19)10(2)9-11(3)17-15/h9,12-13H,4-8H2,1-3H3,(H,18,19). The van der Waals surface area contributed by atoms with Crippen LogP contribution in [0.5, 0.6) is 0 Å². The number of aryl methyl sites for hydroxylation is 2. The van der Waals surface area contributed by atoms with Gasteiger partial charge in [-0.1, -0.05) is 26.2 Å². The molecule has 1 saturated carbocycles. The molecule has 1 heterocycles. The molecule has 1 aliphatic carbocycles. The largest absolute Gasteiger partial charge is 0.478 e. The van der Waals surface area contributed by atoms with Gasteiger partial charge >= 0.3 is 5.97 Å². The Bertz CT molecular complexity index is 501. The molecule has 1 aliphatic rings. The molecule has 4 heteroatoms. The molecule has 1 N–H and O–H groups in total. The van der Waals surface area contributed by atoms with Gasteiger partial charge in [-0.3, -0.25) is 0 Å². The molecule has 1 aromatic rings. The van der Waals surface area contributed by atoms with E-state index in [0.717, 1.165) is 11.3 Å². The van der Waals surface area contributed by atoms with Gasteiger partial charge in [-0.05, 0) is 44.2 Å². The van der Waals surface area contributed by atoms with Crippen molar-refractivity contribution in [3.8, 4) is 0 Å². The van der Waals surface area contributed by atoms with Crippen LogP contribution >= 0.6 is 11.8 Å². The summed E-state index contributed by atoms with van der Waals surface area (Å²) >= 11 is 1.69. The maximum atomic E-state index is 11.5. The summed E-state index contributed by atoms with van der Waals surface area (Å²) in [5.74, 6) is -0.167. The molecule has 2 unspecified atom stereocenters. The van der Waals surface area contributed by atoms with Crippen LogP contribution in [-0.2, 0) is 0 Å². The minimum atomic E-state index is -0.860. The summed E-state index contributed by atoms with van der Waals surface area (Å²) < 4.78 is 0. The van der Waals surface area contributed by atoms with E-state index >= 15 is 0 Å². The first-order chi connectivity index (χ1) is 9.52. The Labute approximate surface area is 125 Å². The molecule has 20 heavy (non-hydrogen) atoms. The fraction of sp³-hybridized carbons (Fsp3) is 0.625. The molecule has 3 nitrogen and oxygen atoms in total. The molecule has 2 atom stereocenters. The lowest BCUT2D eigenvalue weighted by molar-refractivity contribution is 0.0691. The Balaban J connectivity index is 2.30. The lowest BCUT2D eigenvalue weighted by Crippen LogP contribution is -2.22. The van der Waals surface area contributed by atoms with Crippen LogP contribution in [0.2, 0.25) is 0 Å². The van der Waals surface area contributed by atoms with Gasteiger partial charge in [0.05, 0.1) is 5.56 Å². The van der Waals surface area contributed by atoms with E-state index in [0.29, 0.717) is 21.8 Å². The second kappa shape index (κ2) is 6.61. The molecule has 2 rings (SSSR count). The monoisotopic (exact) mass is 293 g/mol. The van der Waals surface area contributed by atoms with Gasteiger partial charge in [0, 0.05) is 10.9 Å². The van der Waals surface area contributed by atoms with Crippen molar-refractivity contribution >= 4 is 17.7 Å². The minimum absolute atomic E-state index is 0.390. The van der Waals surface area contributed by atoms with Crippen molar-refractivity contribution in [1.82, 2.24) is 4.98 Å². The average molecular weight is 293 g/mol. The molecule has 0 radical (unpaired) electrons. The second-order valence-electron chi connectivity index (χ2n) is 5.67. The van der Waals surface area contributed by atoms with E-state index in [1.807, 2.05) is 19.9 Å². The number of hydrogen-bond donors (Lipinski definition) is 1. The quantitative estimate of drug-likeness (QED) is 0.890. The summed E-state index contributed by atoms with van der Waals surface area (Å²) in [4.78, 5) is 16.0. The molecular formula is C16H23NO2S. The highest BCUT2D eigenvalue weighted by Gasteiger charge is 2.27. The predicted octanol–water partition coefficient (Wildman–Crippen LogP) is 4.46. The van der Waals surface area contributed by atoms with Crippen LogP contribution in [0.25, 0.3) is 0 Å². The summed E-state index contributed by atoms with van der Waals surface area (Å²) in [7, 11) is 0. The van der Waals surface area contributed by atoms with E-state index in [1.165, 1.54) is 32.1 Å². The molecule has 0 aliphatic heterocycles. The highest BCUT2D eigenvalue weighted by atomic mass is 32.2. The molecule has 0 aromatic carbocycles. The first-order valence-electron chi connectivity index (χ1n) is 7.41. The van der Waals surface area contributed by atoms with Crippen molar-refractivity contribution in [2.45, 2.75) is 63.2 Å². The number of carboxylic acids is 1.